The lowest BCUT2D eigenvalue weighted by Crippen LogP contribution is -2.23. The smallest absolute Gasteiger partial charge is 0.244 e. The van der Waals surface area contributed by atoms with Gasteiger partial charge in [0.15, 0.2) is 0 Å². The van der Waals surface area contributed by atoms with Crippen molar-refractivity contribution >= 4 is 38.5 Å². The second-order valence-electron chi connectivity index (χ2n) is 5.31. The van der Waals surface area contributed by atoms with Gasteiger partial charge in [0.1, 0.15) is 10.6 Å². The van der Waals surface area contributed by atoms with Gasteiger partial charge in [-0.25, -0.2) is 13.1 Å². The third-order valence-electron chi connectivity index (χ3n) is 3.54. The fraction of sp³-hybridized carbons (Fsp3) is 0.167. The molecule has 1 aromatic carbocycles. The lowest BCUT2D eigenvalue weighted by Gasteiger charge is -2.11. The molecule has 2 aromatic heterocycles. The van der Waals surface area contributed by atoms with Crippen molar-refractivity contribution in [2.24, 2.45) is 0 Å². The molecule has 0 aliphatic carbocycles. The van der Waals surface area contributed by atoms with Crippen molar-refractivity contribution in [2.75, 3.05) is 6.61 Å². The Hall–Kier alpha value is -2.00. The Balaban J connectivity index is 1.72. The summed E-state index contributed by atoms with van der Waals surface area (Å²) < 4.78 is 33.1. The van der Waals surface area contributed by atoms with E-state index in [2.05, 4.69) is 4.72 Å². The number of carbonyl (C=O) groups is 1. The summed E-state index contributed by atoms with van der Waals surface area (Å²) in [4.78, 5) is 13.8. The number of benzene rings is 1. The molecule has 3 rings (SSSR count). The van der Waals surface area contributed by atoms with Crippen LogP contribution in [-0.2, 0) is 16.6 Å². The van der Waals surface area contributed by atoms with Crippen LogP contribution in [0.5, 0.6) is 5.75 Å². The van der Waals surface area contributed by atoms with E-state index < -0.39 is 10.0 Å². The fourth-order valence-corrected chi connectivity index (χ4v) is 5.11. The monoisotopic (exact) mass is 407 g/mol. The lowest BCUT2D eigenvalue weighted by molar-refractivity contribution is 0.104. The second-order valence-corrected chi connectivity index (χ2v) is 9.00. The van der Waals surface area contributed by atoms with Gasteiger partial charge < -0.3 is 4.74 Å². The number of hydrogen-bond acceptors (Lipinski definition) is 6. The molecule has 5 nitrogen and oxygen atoms in total. The quantitative estimate of drug-likeness (QED) is 0.575. The van der Waals surface area contributed by atoms with Gasteiger partial charge in [-0.2, -0.15) is 11.3 Å². The van der Waals surface area contributed by atoms with Crippen LogP contribution in [0.1, 0.15) is 27.0 Å². The molecule has 0 unspecified atom stereocenters. The zero-order chi connectivity index (χ0) is 18.6. The van der Waals surface area contributed by atoms with Crippen molar-refractivity contribution in [3.63, 3.8) is 0 Å². The van der Waals surface area contributed by atoms with Crippen LogP contribution in [0, 0.1) is 0 Å². The number of carbonyl (C=O) groups excluding carboxylic acids is 1. The van der Waals surface area contributed by atoms with Crippen LogP contribution in [0.3, 0.4) is 0 Å². The summed E-state index contributed by atoms with van der Waals surface area (Å²) in [7, 11) is -3.72. The van der Waals surface area contributed by atoms with Crippen molar-refractivity contribution in [3.8, 4) is 5.75 Å². The first-order valence-corrected chi connectivity index (χ1v) is 11.1. The Morgan fingerprint density at radius 1 is 1.15 bits per heavy atom. The zero-order valence-corrected chi connectivity index (χ0v) is 16.4. The number of hydrogen-bond donors (Lipinski definition) is 1. The van der Waals surface area contributed by atoms with E-state index in [-0.39, 0.29) is 17.2 Å². The number of sulfonamides is 1. The Morgan fingerprint density at radius 3 is 2.69 bits per heavy atom. The van der Waals surface area contributed by atoms with E-state index in [0.29, 0.717) is 22.8 Å². The van der Waals surface area contributed by atoms with E-state index in [0.717, 1.165) is 4.88 Å². The van der Waals surface area contributed by atoms with Gasteiger partial charge in [0.2, 0.25) is 15.8 Å². The van der Waals surface area contributed by atoms with Crippen LogP contribution in [0.2, 0.25) is 0 Å². The molecule has 1 N–H and O–H groups in total. The number of ketones is 1. The molecule has 136 valence electrons. The molecular formula is C18H17NO4S3. The van der Waals surface area contributed by atoms with E-state index in [1.165, 1.54) is 28.7 Å². The molecule has 2 heterocycles. The van der Waals surface area contributed by atoms with Crippen LogP contribution < -0.4 is 9.46 Å². The average Bonchev–Trinajstić information content (AvgIpc) is 3.32. The summed E-state index contributed by atoms with van der Waals surface area (Å²) in [6.45, 7) is 2.30. The van der Waals surface area contributed by atoms with Crippen molar-refractivity contribution in [3.05, 3.63) is 68.5 Å². The summed E-state index contributed by atoms with van der Waals surface area (Å²) >= 11 is 2.75. The minimum atomic E-state index is -3.72. The maximum atomic E-state index is 12.6. The first kappa shape index (κ1) is 18.8. The minimum Gasteiger partial charge on any atom is -0.492 e. The zero-order valence-electron chi connectivity index (χ0n) is 14.0. The van der Waals surface area contributed by atoms with Crippen molar-refractivity contribution in [2.45, 2.75) is 18.4 Å². The highest BCUT2D eigenvalue weighted by Crippen LogP contribution is 2.25. The van der Waals surface area contributed by atoms with Crippen LogP contribution >= 0.6 is 22.7 Å². The van der Waals surface area contributed by atoms with Gasteiger partial charge >= 0.3 is 0 Å². The number of para-hydroxylation sites is 1. The van der Waals surface area contributed by atoms with Gasteiger partial charge in [0, 0.05) is 22.4 Å². The summed E-state index contributed by atoms with van der Waals surface area (Å²) in [5.74, 6) is 0.272. The molecular weight excluding hydrogens is 390 g/mol. The van der Waals surface area contributed by atoms with Gasteiger partial charge in [0.25, 0.3) is 0 Å². The van der Waals surface area contributed by atoms with Crippen LogP contribution in [0.4, 0.5) is 0 Å². The third-order valence-corrected chi connectivity index (χ3v) is 6.75. The lowest BCUT2D eigenvalue weighted by atomic mass is 10.2. The molecule has 0 spiro atoms. The normalized spacial score (nSPS) is 11.4. The molecule has 26 heavy (non-hydrogen) atoms. The topological polar surface area (TPSA) is 72.5 Å². The van der Waals surface area contributed by atoms with Crippen LogP contribution in [0.15, 0.2) is 58.1 Å². The van der Waals surface area contributed by atoms with Gasteiger partial charge in [-0.1, -0.05) is 12.1 Å². The summed E-state index contributed by atoms with van der Waals surface area (Å²) in [6.07, 6.45) is 0. The molecule has 8 heteroatoms. The van der Waals surface area contributed by atoms with E-state index in [4.69, 9.17) is 4.74 Å². The fourth-order valence-electron chi connectivity index (χ4n) is 2.32. The number of nitrogens with one attached hydrogen (secondary N) is 1. The van der Waals surface area contributed by atoms with Gasteiger partial charge in [-0.3, -0.25) is 4.79 Å². The molecule has 0 aliphatic rings. The standard InChI is InChI=1S/C18H17NO4S3/c1-2-23-15-5-3-4-6-17(15)26(21,22)19-11-14-7-8-16(25-14)18(20)13-9-10-24-12-13/h3-10,12,19H,2,11H2,1H3. The maximum absolute atomic E-state index is 12.6. The molecule has 0 bridgehead atoms. The SMILES string of the molecule is CCOc1ccccc1S(=O)(=O)NCc1ccc(C(=O)c2ccsc2)s1. The Morgan fingerprint density at radius 2 is 1.96 bits per heavy atom. The highest BCUT2D eigenvalue weighted by Gasteiger charge is 2.20. The van der Waals surface area contributed by atoms with Crippen molar-refractivity contribution < 1.29 is 17.9 Å². The van der Waals surface area contributed by atoms with Crippen molar-refractivity contribution in [1.29, 1.82) is 0 Å². The Kier molecular flexibility index (Phi) is 5.87. The Labute approximate surface area is 160 Å². The molecule has 0 saturated heterocycles. The first-order valence-electron chi connectivity index (χ1n) is 7.88. The first-order chi connectivity index (χ1) is 12.5. The third kappa shape index (κ3) is 4.21. The largest absolute Gasteiger partial charge is 0.492 e. The molecule has 3 aromatic rings. The molecule has 0 saturated carbocycles. The summed E-state index contributed by atoms with van der Waals surface area (Å²) in [5.41, 5.74) is 0.648. The van der Waals surface area contributed by atoms with E-state index >= 15 is 0 Å². The van der Waals surface area contributed by atoms with E-state index in [1.807, 2.05) is 5.38 Å². The molecule has 0 amide bonds. The van der Waals surface area contributed by atoms with Gasteiger partial charge in [-0.05, 0) is 42.6 Å². The number of thiophene rings is 2. The number of ether oxygens (including phenoxy) is 1. The molecule has 0 radical (unpaired) electrons. The van der Waals surface area contributed by atoms with Crippen LogP contribution in [0.25, 0.3) is 0 Å². The summed E-state index contributed by atoms with van der Waals surface area (Å²) in [6, 6.07) is 11.8. The van der Waals surface area contributed by atoms with E-state index in [1.54, 1.807) is 48.7 Å². The minimum absolute atomic E-state index is 0.0490. The van der Waals surface area contributed by atoms with Crippen LogP contribution in [-0.4, -0.2) is 20.8 Å². The molecule has 0 atom stereocenters. The van der Waals surface area contributed by atoms with Gasteiger partial charge in [0.05, 0.1) is 11.5 Å². The predicted octanol–water partition coefficient (Wildman–Crippen LogP) is 3.92. The number of rotatable bonds is 8. The Bertz CT molecular complexity index is 991. The highest BCUT2D eigenvalue weighted by atomic mass is 32.2. The van der Waals surface area contributed by atoms with Gasteiger partial charge in [-0.15, -0.1) is 11.3 Å². The average molecular weight is 408 g/mol. The highest BCUT2D eigenvalue weighted by molar-refractivity contribution is 7.89. The maximum Gasteiger partial charge on any atom is 0.244 e. The molecule has 0 aliphatic heterocycles. The molecule has 0 fully saturated rings. The van der Waals surface area contributed by atoms with E-state index in [9.17, 15) is 13.2 Å². The summed E-state index contributed by atoms with van der Waals surface area (Å²) in [5, 5.41) is 3.65. The predicted molar refractivity (Wildman–Crippen MR) is 104 cm³/mol. The van der Waals surface area contributed by atoms with Crippen molar-refractivity contribution in [1.82, 2.24) is 4.72 Å². The second kappa shape index (κ2) is 8.13.